The van der Waals surface area contributed by atoms with Crippen LogP contribution in [0.1, 0.15) is 29.2 Å². The van der Waals surface area contributed by atoms with Crippen molar-refractivity contribution < 1.29 is 4.74 Å². The second-order valence-electron chi connectivity index (χ2n) is 4.91. The lowest BCUT2D eigenvalue weighted by Gasteiger charge is -2.12. The van der Waals surface area contributed by atoms with E-state index in [1.807, 2.05) is 12.1 Å². The fourth-order valence-electron chi connectivity index (χ4n) is 2.13. The summed E-state index contributed by atoms with van der Waals surface area (Å²) in [6.07, 6.45) is 1.91. The largest absolute Gasteiger partial charge is 0.497 e. The van der Waals surface area contributed by atoms with Crippen molar-refractivity contribution in [2.45, 2.75) is 25.8 Å². The topological polar surface area (TPSA) is 35.2 Å². The molecular weight excluding hydrogens is 234 g/mol. The van der Waals surface area contributed by atoms with Crippen LogP contribution >= 0.6 is 0 Å². The maximum absolute atomic E-state index is 6.23. The molecule has 0 aliphatic carbocycles. The van der Waals surface area contributed by atoms with Gasteiger partial charge >= 0.3 is 0 Å². The molecule has 0 aliphatic heterocycles. The van der Waals surface area contributed by atoms with Crippen LogP contribution in [-0.4, -0.2) is 7.11 Å². The predicted octanol–water partition coefficient (Wildman–Crippen LogP) is 3.64. The Morgan fingerprint density at radius 2 is 1.84 bits per heavy atom. The Bertz CT molecular complexity index is 519. The Kier molecular flexibility index (Phi) is 4.58. The van der Waals surface area contributed by atoms with Gasteiger partial charge < -0.3 is 10.5 Å². The minimum atomic E-state index is 0.0896. The first-order chi connectivity index (χ1) is 9.19. The quantitative estimate of drug-likeness (QED) is 0.885. The number of methoxy groups -OCH3 is 1. The molecule has 1 atom stereocenters. The molecule has 0 radical (unpaired) electrons. The summed E-state index contributed by atoms with van der Waals surface area (Å²) < 4.78 is 5.23. The standard InChI is InChI=1S/C17H21NO/c1-13-6-9-15(10-7-13)17(18)11-8-14-4-3-5-16(12-14)19-2/h3-7,9-10,12,17H,8,11,18H2,1-2H3. The first-order valence-electron chi connectivity index (χ1n) is 6.64. The zero-order valence-corrected chi connectivity index (χ0v) is 11.6. The Hall–Kier alpha value is -1.80. The molecule has 0 saturated carbocycles. The number of hydrogen-bond acceptors (Lipinski definition) is 2. The molecule has 0 aliphatic rings. The lowest BCUT2D eigenvalue weighted by Crippen LogP contribution is -2.11. The lowest BCUT2D eigenvalue weighted by molar-refractivity contribution is 0.414. The van der Waals surface area contributed by atoms with Gasteiger partial charge in [0.05, 0.1) is 7.11 Å². The van der Waals surface area contributed by atoms with Crippen molar-refractivity contribution in [3.05, 3.63) is 65.2 Å². The maximum Gasteiger partial charge on any atom is 0.119 e. The number of hydrogen-bond donors (Lipinski definition) is 1. The van der Waals surface area contributed by atoms with Gasteiger partial charge in [-0.05, 0) is 43.0 Å². The first-order valence-corrected chi connectivity index (χ1v) is 6.64. The van der Waals surface area contributed by atoms with Crippen molar-refractivity contribution in [3.8, 4) is 5.75 Å². The summed E-state index contributed by atoms with van der Waals surface area (Å²) in [6, 6.07) is 16.7. The van der Waals surface area contributed by atoms with Crippen molar-refractivity contribution in [1.29, 1.82) is 0 Å². The normalized spacial score (nSPS) is 12.2. The summed E-state index contributed by atoms with van der Waals surface area (Å²) in [4.78, 5) is 0. The van der Waals surface area contributed by atoms with E-state index >= 15 is 0 Å². The van der Waals surface area contributed by atoms with Gasteiger partial charge in [0.2, 0.25) is 0 Å². The minimum Gasteiger partial charge on any atom is -0.497 e. The molecule has 0 aromatic heterocycles. The van der Waals surface area contributed by atoms with E-state index in [4.69, 9.17) is 10.5 Å². The molecule has 2 N–H and O–H groups in total. The Labute approximate surface area is 115 Å². The van der Waals surface area contributed by atoms with Gasteiger partial charge in [0.15, 0.2) is 0 Å². The van der Waals surface area contributed by atoms with Crippen molar-refractivity contribution in [2.24, 2.45) is 5.73 Å². The second-order valence-corrected chi connectivity index (χ2v) is 4.91. The van der Waals surface area contributed by atoms with E-state index < -0.39 is 0 Å². The average molecular weight is 255 g/mol. The minimum absolute atomic E-state index is 0.0896. The monoisotopic (exact) mass is 255 g/mol. The van der Waals surface area contributed by atoms with Gasteiger partial charge in [-0.15, -0.1) is 0 Å². The lowest BCUT2D eigenvalue weighted by atomic mass is 9.99. The van der Waals surface area contributed by atoms with Crippen molar-refractivity contribution in [2.75, 3.05) is 7.11 Å². The molecule has 0 amide bonds. The predicted molar refractivity (Wildman–Crippen MR) is 79.4 cm³/mol. The molecule has 2 nitrogen and oxygen atoms in total. The fraction of sp³-hybridized carbons (Fsp3) is 0.294. The first kappa shape index (κ1) is 13.6. The fourth-order valence-corrected chi connectivity index (χ4v) is 2.13. The van der Waals surface area contributed by atoms with E-state index in [1.54, 1.807) is 7.11 Å². The third-order valence-corrected chi connectivity index (χ3v) is 3.38. The summed E-state index contributed by atoms with van der Waals surface area (Å²) in [5.74, 6) is 0.904. The summed E-state index contributed by atoms with van der Waals surface area (Å²) in [5.41, 5.74) is 9.97. The van der Waals surface area contributed by atoms with Crippen LogP contribution in [0.2, 0.25) is 0 Å². The van der Waals surface area contributed by atoms with Crippen molar-refractivity contribution >= 4 is 0 Å². The summed E-state index contributed by atoms with van der Waals surface area (Å²) >= 11 is 0. The van der Waals surface area contributed by atoms with Gasteiger partial charge in [-0.1, -0.05) is 42.0 Å². The highest BCUT2D eigenvalue weighted by Crippen LogP contribution is 2.19. The van der Waals surface area contributed by atoms with Crippen molar-refractivity contribution in [1.82, 2.24) is 0 Å². The number of aryl methyl sites for hydroxylation is 2. The molecule has 19 heavy (non-hydrogen) atoms. The van der Waals surface area contributed by atoms with Gasteiger partial charge in [-0.2, -0.15) is 0 Å². The Balaban J connectivity index is 1.96. The molecule has 0 saturated heterocycles. The zero-order valence-electron chi connectivity index (χ0n) is 11.6. The number of nitrogens with two attached hydrogens (primary N) is 1. The maximum atomic E-state index is 6.23. The average Bonchev–Trinajstić information content (AvgIpc) is 2.46. The van der Waals surface area contributed by atoms with Crippen LogP contribution in [0.3, 0.4) is 0 Å². The summed E-state index contributed by atoms with van der Waals surface area (Å²) in [7, 11) is 1.69. The molecule has 100 valence electrons. The Morgan fingerprint density at radius 3 is 2.53 bits per heavy atom. The van der Waals surface area contributed by atoms with Crippen molar-refractivity contribution in [3.63, 3.8) is 0 Å². The van der Waals surface area contributed by atoms with Crippen LogP contribution in [0.15, 0.2) is 48.5 Å². The number of ether oxygens (including phenoxy) is 1. The molecule has 0 spiro atoms. The van der Waals surface area contributed by atoms with Gasteiger partial charge in [0.1, 0.15) is 5.75 Å². The van der Waals surface area contributed by atoms with Gasteiger partial charge in [-0.3, -0.25) is 0 Å². The van der Waals surface area contributed by atoms with Gasteiger partial charge in [0, 0.05) is 6.04 Å². The number of benzene rings is 2. The highest BCUT2D eigenvalue weighted by molar-refractivity contribution is 5.29. The van der Waals surface area contributed by atoms with Crippen LogP contribution < -0.4 is 10.5 Å². The van der Waals surface area contributed by atoms with E-state index in [9.17, 15) is 0 Å². The molecular formula is C17H21NO. The smallest absolute Gasteiger partial charge is 0.119 e. The van der Waals surface area contributed by atoms with Crippen LogP contribution in [0.4, 0.5) is 0 Å². The third-order valence-electron chi connectivity index (χ3n) is 3.38. The van der Waals surface area contributed by atoms with Crippen LogP contribution in [0, 0.1) is 6.92 Å². The zero-order chi connectivity index (χ0) is 13.7. The van der Waals surface area contributed by atoms with E-state index in [0.717, 1.165) is 18.6 Å². The van der Waals surface area contributed by atoms with Crippen LogP contribution in [0.25, 0.3) is 0 Å². The molecule has 2 heteroatoms. The van der Waals surface area contributed by atoms with Gasteiger partial charge in [-0.25, -0.2) is 0 Å². The molecule has 2 aromatic carbocycles. The summed E-state index contributed by atoms with van der Waals surface area (Å²) in [5, 5.41) is 0. The van der Waals surface area contributed by atoms with Crippen LogP contribution in [-0.2, 0) is 6.42 Å². The molecule has 2 rings (SSSR count). The van der Waals surface area contributed by atoms with E-state index in [1.165, 1.54) is 16.7 Å². The van der Waals surface area contributed by atoms with Crippen LogP contribution in [0.5, 0.6) is 5.75 Å². The molecule has 1 unspecified atom stereocenters. The highest BCUT2D eigenvalue weighted by atomic mass is 16.5. The van der Waals surface area contributed by atoms with E-state index in [2.05, 4.69) is 43.3 Å². The Morgan fingerprint density at radius 1 is 1.11 bits per heavy atom. The van der Waals surface area contributed by atoms with E-state index in [0.29, 0.717) is 0 Å². The molecule has 0 heterocycles. The second kappa shape index (κ2) is 6.39. The van der Waals surface area contributed by atoms with E-state index in [-0.39, 0.29) is 6.04 Å². The molecule has 0 bridgehead atoms. The molecule has 2 aromatic rings. The number of rotatable bonds is 5. The SMILES string of the molecule is COc1cccc(CCC(N)c2ccc(C)cc2)c1. The van der Waals surface area contributed by atoms with Gasteiger partial charge in [0.25, 0.3) is 0 Å². The third kappa shape index (κ3) is 3.83. The summed E-state index contributed by atoms with van der Waals surface area (Å²) in [6.45, 7) is 2.09. The highest BCUT2D eigenvalue weighted by Gasteiger charge is 2.06. The molecule has 0 fully saturated rings.